The molecule has 0 amide bonds. The van der Waals surface area contributed by atoms with Crippen LogP contribution >= 0.6 is 0 Å². The summed E-state index contributed by atoms with van der Waals surface area (Å²) in [6, 6.07) is 31.4. The normalized spacial score (nSPS) is 23.4. The minimum Gasteiger partial charge on any atom is -0.456 e. The number of anilines is 2. The Bertz CT molecular complexity index is 2160. The zero-order valence-corrected chi connectivity index (χ0v) is 27.2. The van der Waals surface area contributed by atoms with Crippen molar-refractivity contribution in [2.24, 2.45) is 0 Å². The van der Waals surface area contributed by atoms with Crippen molar-refractivity contribution >= 4 is 23.3 Å². The van der Waals surface area contributed by atoms with Gasteiger partial charge in [0, 0.05) is 89.1 Å². The molecule has 5 aromatic carbocycles. The summed E-state index contributed by atoms with van der Waals surface area (Å²) in [5.74, 6) is 1.50. The highest BCUT2D eigenvalue weighted by Gasteiger charge is 2.58. The fourth-order valence-corrected chi connectivity index (χ4v) is 9.16. The number of esters is 2. The lowest BCUT2D eigenvalue weighted by atomic mass is 9.73. The molecule has 6 aliphatic rings. The number of fused-ring (bicyclic) bond motifs is 12. The highest BCUT2D eigenvalue weighted by molar-refractivity contribution is 5.98. The van der Waals surface area contributed by atoms with Crippen molar-refractivity contribution in [1.82, 2.24) is 0 Å². The van der Waals surface area contributed by atoms with Crippen LogP contribution in [-0.4, -0.2) is 38.1 Å². The average molecular weight is 661 g/mol. The smallest absolute Gasteiger partial charge is 0.340 e. The van der Waals surface area contributed by atoms with Gasteiger partial charge in [0.2, 0.25) is 0 Å². The Morgan fingerprint density at radius 1 is 0.440 bits per heavy atom. The quantitative estimate of drug-likeness (QED) is 0.176. The molecule has 2 saturated heterocycles. The first-order valence-corrected chi connectivity index (χ1v) is 17.5. The van der Waals surface area contributed by atoms with E-state index in [0.29, 0.717) is 45.3 Å². The maximum atomic E-state index is 13.7. The summed E-state index contributed by atoms with van der Waals surface area (Å²) in [5.41, 5.74) is 4.86. The Morgan fingerprint density at radius 2 is 0.860 bits per heavy atom. The Morgan fingerprint density at radius 3 is 1.32 bits per heavy atom. The van der Waals surface area contributed by atoms with Gasteiger partial charge in [-0.05, 0) is 68.1 Å². The van der Waals surface area contributed by atoms with E-state index in [-0.39, 0.29) is 0 Å². The second kappa shape index (κ2) is 9.91. The third kappa shape index (κ3) is 3.55. The van der Waals surface area contributed by atoms with Crippen molar-refractivity contribution < 1.29 is 28.5 Å². The zero-order valence-electron chi connectivity index (χ0n) is 27.2. The second-order valence-corrected chi connectivity index (χ2v) is 14.0. The van der Waals surface area contributed by atoms with Gasteiger partial charge in [-0.2, -0.15) is 0 Å². The highest BCUT2D eigenvalue weighted by atomic mass is 16.6. The standard InChI is InChI=1S/C42H32N2O6/c45-39-27-9-1-3-11-29(27)41(49-39)31-15-13-25(43-17-5-6-18-43)21-35(31)47-37-24-38-34(23-33(37)41)42(30-12-4-2-10-28(30)40(46)50-42)32-16-14-26(22-36(32)48-38)44-19-7-8-20-44/h1-4,9-16,21-24H,5-8,17-20H2/t41-,42+. The van der Waals surface area contributed by atoms with Crippen LogP contribution < -0.4 is 19.3 Å². The molecule has 0 saturated carbocycles. The summed E-state index contributed by atoms with van der Waals surface area (Å²) in [7, 11) is 0. The maximum Gasteiger partial charge on any atom is 0.340 e. The van der Waals surface area contributed by atoms with Crippen LogP contribution in [0.4, 0.5) is 11.4 Å². The van der Waals surface area contributed by atoms with Gasteiger partial charge in [-0.1, -0.05) is 36.4 Å². The minimum atomic E-state index is -1.29. The molecule has 8 heteroatoms. The molecule has 0 unspecified atom stereocenters. The summed E-state index contributed by atoms with van der Waals surface area (Å²) in [6.07, 6.45) is 4.59. The monoisotopic (exact) mass is 660 g/mol. The van der Waals surface area contributed by atoms with E-state index in [1.807, 2.05) is 72.8 Å². The van der Waals surface area contributed by atoms with Crippen molar-refractivity contribution in [1.29, 1.82) is 0 Å². The van der Waals surface area contributed by atoms with E-state index >= 15 is 0 Å². The molecule has 0 radical (unpaired) electrons. The van der Waals surface area contributed by atoms with Crippen molar-refractivity contribution in [3.8, 4) is 23.0 Å². The number of hydrogen-bond donors (Lipinski definition) is 0. The number of carbonyl (C=O) groups excluding carboxylic acids is 2. The number of carbonyl (C=O) groups is 2. The number of benzene rings is 5. The molecule has 5 aromatic rings. The second-order valence-electron chi connectivity index (χ2n) is 14.0. The summed E-state index contributed by atoms with van der Waals surface area (Å²) < 4.78 is 26.7. The first-order chi connectivity index (χ1) is 24.5. The Labute approximate surface area is 288 Å². The predicted molar refractivity (Wildman–Crippen MR) is 186 cm³/mol. The molecule has 50 heavy (non-hydrogen) atoms. The summed E-state index contributed by atoms with van der Waals surface area (Å²) in [4.78, 5) is 32.2. The van der Waals surface area contributed by atoms with Crippen molar-refractivity contribution in [2.45, 2.75) is 36.9 Å². The fraction of sp³-hybridized carbons (Fsp3) is 0.238. The maximum absolute atomic E-state index is 13.7. The molecule has 0 aromatic heterocycles. The van der Waals surface area contributed by atoms with Gasteiger partial charge in [0.05, 0.1) is 11.1 Å². The van der Waals surface area contributed by atoms with E-state index in [4.69, 9.17) is 18.9 Å². The van der Waals surface area contributed by atoms with Gasteiger partial charge in [0.1, 0.15) is 23.0 Å². The molecule has 6 heterocycles. The average Bonchev–Trinajstić information content (AvgIpc) is 3.97. The van der Waals surface area contributed by atoms with Gasteiger partial charge in [0.25, 0.3) is 0 Å². The lowest BCUT2D eigenvalue weighted by molar-refractivity contribution is 0.0208. The van der Waals surface area contributed by atoms with Gasteiger partial charge in [0.15, 0.2) is 11.2 Å². The van der Waals surface area contributed by atoms with E-state index in [0.717, 1.165) is 85.5 Å². The van der Waals surface area contributed by atoms with Crippen LogP contribution in [0.2, 0.25) is 0 Å². The van der Waals surface area contributed by atoms with Crippen molar-refractivity contribution in [2.75, 3.05) is 36.0 Å². The summed E-state index contributed by atoms with van der Waals surface area (Å²) in [5, 5.41) is 0. The number of rotatable bonds is 2. The van der Waals surface area contributed by atoms with Gasteiger partial charge in [-0.25, -0.2) is 9.59 Å². The molecular formula is C42H32N2O6. The molecule has 0 bridgehead atoms. The topological polar surface area (TPSA) is 77.5 Å². The zero-order chi connectivity index (χ0) is 33.2. The third-order valence-corrected chi connectivity index (χ3v) is 11.5. The summed E-state index contributed by atoms with van der Waals surface area (Å²) in [6.45, 7) is 3.95. The van der Waals surface area contributed by atoms with Gasteiger partial charge in [-0.15, -0.1) is 0 Å². The Hall–Kier alpha value is -5.76. The lowest BCUT2D eigenvalue weighted by Gasteiger charge is -2.41. The van der Waals surface area contributed by atoms with E-state index in [2.05, 4.69) is 34.1 Å². The first kappa shape index (κ1) is 28.1. The van der Waals surface area contributed by atoms with Crippen LogP contribution in [0.15, 0.2) is 97.1 Å². The number of hydrogen-bond acceptors (Lipinski definition) is 8. The Balaban J connectivity index is 1.17. The van der Waals surface area contributed by atoms with Crippen LogP contribution in [0.5, 0.6) is 23.0 Å². The van der Waals surface area contributed by atoms with Crippen LogP contribution in [-0.2, 0) is 20.7 Å². The van der Waals surface area contributed by atoms with Crippen LogP contribution in [0.1, 0.15) is 79.8 Å². The van der Waals surface area contributed by atoms with Gasteiger partial charge in [-0.3, -0.25) is 0 Å². The van der Waals surface area contributed by atoms with Crippen molar-refractivity contribution in [3.05, 3.63) is 142 Å². The molecule has 246 valence electrons. The van der Waals surface area contributed by atoms with E-state index in [1.54, 1.807) is 0 Å². The SMILES string of the molecule is O=C1O[C@@]2(c3ccc(N4CCCC4)cc3Oc3cc4c(cc32)[C@@]2(OC(=O)c3ccccc32)c2ccc(N3CCCC3)cc2O4)c2ccccc21. The first-order valence-electron chi connectivity index (χ1n) is 17.5. The molecule has 2 fully saturated rings. The van der Waals surface area contributed by atoms with Gasteiger partial charge < -0.3 is 28.7 Å². The molecule has 2 spiro atoms. The van der Waals surface area contributed by atoms with E-state index in [1.165, 1.54) is 0 Å². The molecule has 2 atom stereocenters. The fourth-order valence-electron chi connectivity index (χ4n) is 9.16. The molecule has 0 aliphatic carbocycles. The minimum absolute atomic E-state index is 0.399. The van der Waals surface area contributed by atoms with Gasteiger partial charge >= 0.3 is 11.9 Å². The predicted octanol–water partition coefficient (Wildman–Crippen LogP) is 8.02. The molecule has 0 N–H and O–H groups in total. The summed E-state index contributed by atoms with van der Waals surface area (Å²) >= 11 is 0. The number of nitrogens with zero attached hydrogens (tertiary/aromatic N) is 2. The third-order valence-electron chi connectivity index (χ3n) is 11.5. The molecular weight excluding hydrogens is 628 g/mol. The Kier molecular flexibility index (Phi) is 5.57. The lowest BCUT2D eigenvalue weighted by Crippen LogP contribution is -2.36. The van der Waals surface area contributed by atoms with E-state index in [9.17, 15) is 9.59 Å². The van der Waals surface area contributed by atoms with Crippen LogP contribution in [0.3, 0.4) is 0 Å². The molecule has 11 rings (SSSR count). The van der Waals surface area contributed by atoms with Crippen LogP contribution in [0, 0.1) is 0 Å². The highest BCUT2D eigenvalue weighted by Crippen LogP contribution is 2.62. The van der Waals surface area contributed by atoms with E-state index < -0.39 is 23.1 Å². The molecule has 6 aliphatic heterocycles. The van der Waals surface area contributed by atoms with Crippen molar-refractivity contribution in [3.63, 3.8) is 0 Å². The molecule has 8 nitrogen and oxygen atoms in total. The van der Waals surface area contributed by atoms with Crippen LogP contribution in [0.25, 0.3) is 0 Å². The largest absolute Gasteiger partial charge is 0.456 e. The number of ether oxygens (including phenoxy) is 4.